The van der Waals surface area contributed by atoms with Crippen LogP contribution in [0.5, 0.6) is 0 Å². The van der Waals surface area contributed by atoms with Crippen molar-refractivity contribution in [2.75, 3.05) is 18.0 Å². The number of rotatable bonds is 3. The summed E-state index contributed by atoms with van der Waals surface area (Å²) < 4.78 is 40.3. The van der Waals surface area contributed by atoms with Crippen LogP contribution < -0.4 is 10.5 Å². The minimum absolute atomic E-state index is 0.0586. The Morgan fingerprint density at radius 1 is 1.10 bits per heavy atom. The first kappa shape index (κ1) is 19.4. The van der Waals surface area contributed by atoms with E-state index in [0.29, 0.717) is 36.4 Å². The first-order valence-corrected chi connectivity index (χ1v) is 9.44. The molecule has 1 aromatic carbocycles. The zero-order valence-corrected chi connectivity index (χ0v) is 15.9. The van der Waals surface area contributed by atoms with E-state index >= 15 is 0 Å². The number of aryl methyl sites for hydroxylation is 1. The van der Waals surface area contributed by atoms with Crippen LogP contribution >= 0.6 is 0 Å². The van der Waals surface area contributed by atoms with Gasteiger partial charge in [0, 0.05) is 25.8 Å². The summed E-state index contributed by atoms with van der Waals surface area (Å²) in [4.78, 5) is 26.8. The molecule has 6 nitrogen and oxygen atoms in total. The Hall–Kier alpha value is -2.97. The lowest BCUT2D eigenvalue weighted by Crippen LogP contribution is -2.38. The first-order chi connectivity index (χ1) is 13.8. The Kier molecular flexibility index (Phi) is 4.97. The number of hydrogen-bond acceptors (Lipinski definition) is 5. The number of fused-ring (bicyclic) bond motifs is 1. The summed E-state index contributed by atoms with van der Waals surface area (Å²) in [5.74, 6) is 0.993. The van der Waals surface area contributed by atoms with Gasteiger partial charge in [-0.2, -0.15) is 13.2 Å². The van der Waals surface area contributed by atoms with E-state index < -0.39 is 11.9 Å². The van der Waals surface area contributed by atoms with E-state index in [1.54, 1.807) is 15.5 Å². The Labute approximate surface area is 165 Å². The third kappa shape index (κ3) is 3.94. The zero-order chi connectivity index (χ0) is 20.6. The van der Waals surface area contributed by atoms with Gasteiger partial charge in [-0.3, -0.25) is 9.36 Å². The van der Waals surface area contributed by atoms with Crippen LogP contribution in [0.25, 0.3) is 10.9 Å². The smallest absolute Gasteiger partial charge is 0.341 e. The molecule has 1 fully saturated rings. The van der Waals surface area contributed by atoms with E-state index in [9.17, 15) is 18.0 Å². The molecule has 0 atom stereocenters. The van der Waals surface area contributed by atoms with Gasteiger partial charge in [-0.15, -0.1) is 0 Å². The Morgan fingerprint density at radius 3 is 2.55 bits per heavy atom. The van der Waals surface area contributed by atoms with E-state index in [-0.39, 0.29) is 17.4 Å². The van der Waals surface area contributed by atoms with Gasteiger partial charge in [-0.05, 0) is 43.9 Å². The van der Waals surface area contributed by atoms with Crippen molar-refractivity contribution in [1.29, 1.82) is 0 Å². The number of nitrogens with zero attached hydrogens (tertiary/aromatic N) is 5. The molecule has 4 rings (SSSR count). The van der Waals surface area contributed by atoms with Gasteiger partial charge in [0.2, 0.25) is 5.95 Å². The van der Waals surface area contributed by atoms with Crippen LogP contribution in [0.1, 0.15) is 24.4 Å². The van der Waals surface area contributed by atoms with Gasteiger partial charge in [0.1, 0.15) is 11.5 Å². The van der Waals surface area contributed by atoms with Crippen LogP contribution in [0.4, 0.5) is 19.1 Å². The lowest BCUT2D eigenvalue weighted by atomic mass is 9.96. The number of halogens is 3. The van der Waals surface area contributed by atoms with Crippen molar-refractivity contribution in [2.45, 2.75) is 32.5 Å². The van der Waals surface area contributed by atoms with E-state index in [2.05, 4.69) is 15.0 Å². The minimum atomic E-state index is -4.49. The van der Waals surface area contributed by atoms with Crippen LogP contribution in [-0.4, -0.2) is 32.6 Å². The fraction of sp³-hybridized carbons (Fsp3) is 0.400. The third-order valence-electron chi connectivity index (χ3n) is 5.32. The summed E-state index contributed by atoms with van der Waals surface area (Å²) in [5.41, 5.74) is -0.312. The number of alkyl halides is 3. The van der Waals surface area contributed by atoms with Crippen molar-refractivity contribution < 1.29 is 13.2 Å². The molecule has 0 spiro atoms. The standard InChI is InChI=1S/C20H20F3N5O/c1-13-25-16-5-3-2-4-15(16)18(29)28(13)12-14-7-10-27(11-8-14)19-24-9-6-17(26-19)20(21,22)23/h2-6,9,14H,7-8,10-12H2,1H3. The van der Waals surface area contributed by atoms with Crippen molar-refractivity contribution in [3.63, 3.8) is 0 Å². The number of benzene rings is 1. The van der Waals surface area contributed by atoms with E-state index in [1.165, 1.54) is 0 Å². The van der Waals surface area contributed by atoms with Gasteiger partial charge in [0.05, 0.1) is 10.9 Å². The van der Waals surface area contributed by atoms with Crippen molar-refractivity contribution in [2.24, 2.45) is 5.92 Å². The Balaban J connectivity index is 1.47. The van der Waals surface area contributed by atoms with Crippen LogP contribution in [-0.2, 0) is 12.7 Å². The molecular formula is C20H20F3N5O. The summed E-state index contributed by atoms with van der Waals surface area (Å²) >= 11 is 0. The molecule has 3 aromatic rings. The van der Waals surface area contributed by atoms with Crippen molar-refractivity contribution in [1.82, 2.24) is 19.5 Å². The zero-order valence-electron chi connectivity index (χ0n) is 15.9. The molecule has 9 heteroatoms. The highest BCUT2D eigenvalue weighted by Crippen LogP contribution is 2.29. The highest BCUT2D eigenvalue weighted by molar-refractivity contribution is 5.77. The fourth-order valence-corrected chi connectivity index (χ4v) is 3.73. The average molecular weight is 403 g/mol. The van der Waals surface area contributed by atoms with Gasteiger partial charge >= 0.3 is 6.18 Å². The van der Waals surface area contributed by atoms with Crippen LogP contribution in [0.3, 0.4) is 0 Å². The summed E-state index contributed by atoms with van der Waals surface area (Å²) in [6.07, 6.45) is -1.88. The van der Waals surface area contributed by atoms with Crippen molar-refractivity contribution in [3.05, 3.63) is 58.4 Å². The molecule has 0 saturated carbocycles. The van der Waals surface area contributed by atoms with Gasteiger partial charge in [0.25, 0.3) is 5.56 Å². The minimum Gasteiger partial charge on any atom is -0.341 e. The van der Waals surface area contributed by atoms with Crippen LogP contribution in [0.15, 0.2) is 41.3 Å². The highest BCUT2D eigenvalue weighted by atomic mass is 19.4. The SMILES string of the molecule is Cc1nc2ccccc2c(=O)n1CC1CCN(c2nccc(C(F)(F)F)n2)CC1. The number of hydrogen-bond donors (Lipinski definition) is 0. The largest absolute Gasteiger partial charge is 0.433 e. The molecule has 1 aliphatic heterocycles. The normalized spacial score (nSPS) is 15.8. The van der Waals surface area contributed by atoms with E-state index in [0.717, 1.165) is 25.1 Å². The molecule has 29 heavy (non-hydrogen) atoms. The number of para-hydroxylation sites is 1. The molecule has 1 saturated heterocycles. The molecule has 1 aliphatic rings. The Morgan fingerprint density at radius 2 is 1.83 bits per heavy atom. The van der Waals surface area contributed by atoms with Crippen LogP contribution in [0, 0.1) is 12.8 Å². The van der Waals surface area contributed by atoms with Crippen molar-refractivity contribution >= 4 is 16.9 Å². The third-order valence-corrected chi connectivity index (χ3v) is 5.32. The molecule has 152 valence electrons. The number of anilines is 1. The maximum absolute atomic E-state index is 12.9. The lowest BCUT2D eigenvalue weighted by molar-refractivity contribution is -0.141. The molecule has 0 N–H and O–H groups in total. The van der Waals surface area contributed by atoms with E-state index in [1.807, 2.05) is 25.1 Å². The maximum atomic E-state index is 12.9. The topological polar surface area (TPSA) is 63.9 Å². The average Bonchev–Trinajstić information content (AvgIpc) is 2.71. The second kappa shape index (κ2) is 7.46. The summed E-state index contributed by atoms with van der Waals surface area (Å²) in [6, 6.07) is 8.14. The monoisotopic (exact) mass is 403 g/mol. The molecule has 0 bridgehead atoms. The molecule has 0 unspecified atom stereocenters. The maximum Gasteiger partial charge on any atom is 0.433 e. The second-order valence-electron chi connectivity index (χ2n) is 7.26. The molecular weight excluding hydrogens is 383 g/mol. The van der Waals surface area contributed by atoms with Gasteiger partial charge < -0.3 is 4.90 Å². The quantitative estimate of drug-likeness (QED) is 0.671. The summed E-state index contributed by atoms with van der Waals surface area (Å²) in [7, 11) is 0. The summed E-state index contributed by atoms with van der Waals surface area (Å²) in [5, 5.41) is 0.591. The van der Waals surface area contributed by atoms with Gasteiger partial charge in [0.15, 0.2) is 0 Å². The Bertz CT molecular complexity index is 1090. The fourth-order valence-electron chi connectivity index (χ4n) is 3.73. The number of piperidine rings is 1. The van der Waals surface area contributed by atoms with Gasteiger partial charge in [-0.1, -0.05) is 12.1 Å². The first-order valence-electron chi connectivity index (χ1n) is 9.44. The lowest BCUT2D eigenvalue weighted by Gasteiger charge is -2.32. The van der Waals surface area contributed by atoms with Crippen LogP contribution in [0.2, 0.25) is 0 Å². The van der Waals surface area contributed by atoms with Crippen molar-refractivity contribution in [3.8, 4) is 0 Å². The molecule has 2 aromatic heterocycles. The molecule has 0 aliphatic carbocycles. The molecule has 0 radical (unpaired) electrons. The second-order valence-corrected chi connectivity index (χ2v) is 7.26. The van der Waals surface area contributed by atoms with E-state index in [4.69, 9.17) is 0 Å². The van der Waals surface area contributed by atoms with Gasteiger partial charge in [-0.25, -0.2) is 15.0 Å². The highest BCUT2D eigenvalue weighted by Gasteiger charge is 2.33. The predicted octanol–water partition coefficient (Wildman–Crippen LogP) is 3.43. The molecule has 3 heterocycles. The predicted molar refractivity (Wildman–Crippen MR) is 103 cm³/mol. The number of aromatic nitrogens is 4. The summed E-state index contributed by atoms with van der Waals surface area (Å²) in [6.45, 7) is 3.45. The molecule has 0 amide bonds.